The molecular weight excluding hydrogens is 260 g/mol. The molecule has 0 amide bonds. The Kier molecular flexibility index (Phi) is 3.95. The van der Waals surface area contributed by atoms with Crippen LogP contribution in [0.2, 0.25) is 0 Å². The Morgan fingerprint density at radius 3 is 2.68 bits per heavy atom. The molecule has 4 nitrogen and oxygen atoms in total. The van der Waals surface area contributed by atoms with Gasteiger partial charge in [0, 0.05) is 23.9 Å². The molecule has 0 aliphatic heterocycles. The maximum absolute atomic E-state index is 11.8. The van der Waals surface area contributed by atoms with Crippen molar-refractivity contribution in [1.82, 2.24) is 9.78 Å². The van der Waals surface area contributed by atoms with E-state index in [2.05, 4.69) is 17.7 Å². The van der Waals surface area contributed by atoms with E-state index in [1.165, 1.54) is 4.68 Å². The van der Waals surface area contributed by atoms with Crippen LogP contribution in [0.1, 0.15) is 11.1 Å². The van der Waals surface area contributed by atoms with Gasteiger partial charge in [-0.1, -0.05) is 0 Å². The number of hydrogen-bond acceptors (Lipinski definition) is 4. The van der Waals surface area contributed by atoms with Crippen molar-refractivity contribution in [3.63, 3.8) is 0 Å². The molecule has 0 spiro atoms. The lowest BCUT2D eigenvalue weighted by atomic mass is 10.1. The number of methoxy groups -OCH3 is 1. The highest BCUT2D eigenvalue weighted by Crippen LogP contribution is 2.24. The lowest BCUT2D eigenvalue weighted by molar-refractivity contribution is 0.412. The Morgan fingerprint density at radius 1 is 1.37 bits per heavy atom. The van der Waals surface area contributed by atoms with Crippen LogP contribution in [0.4, 0.5) is 0 Å². The van der Waals surface area contributed by atoms with E-state index in [4.69, 9.17) is 4.74 Å². The van der Waals surface area contributed by atoms with Crippen LogP contribution in [0.25, 0.3) is 11.3 Å². The van der Waals surface area contributed by atoms with Crippen molar-refractivity contribution in [3.8, 4) is 17.0 Å². The molecule has 1 aromatic carbocycles. The van der Waals surface area contributed by atoms with Crippen LogP contribution in [0.15, 0.2) is 29.1 Å². The summed E-state index contributed by atoms with van der Waals surface area (Å²) < 4.78 is 6.58. The minimum atomic E-state index is -0.107. The molecule has 19 heavy (non-hydrogen) atoms. The lowest BCUT2D eigenvalue weighted by Gasteiger charge is -2.09. The van der Waals surface area contributed by atoms with Gasteiger partial charge in [-0.2, -0.15) is 17.7 Å². The molecule has 2 rings (SSSR count). The summed E-state index contributed by atoms with van der Waals surface area (Å²) in [7, 11) is 3.29. The van der Waals surface area contributed by atoms with Gasteiger partial charge in [-0.3, -0.25) is 4.79 Å². The van der Waals surface area contributed by atoms with Crippen molar-refractivity contribution < 1.29 is 4.74 Å². The zero-order chi connectivity index (χ0) is 14.0. The van der Waals surface area contributed by atoms with Crippen LogP contribution in [-0.2, 0) is 12.8 Å². The summed E-state index contributed by atoms with van der Waals surface area (Å²) in [6.07, 6.45) is 0. The second-order valence-corrected chi connectivity index (χ2v) is 4.64. The molecule has 0 saturated heterocycles. The molecule has 0 N–H and O–H groups in total. The molecule has 0 aliphatic carbocycles. The summed E-state index contributed by atoms with van der Waals surface area (Å²) >= 11 is 4.18. The highest BCUT2D eigenvalue weighted by molar-refractivity contribution is 7.79. The van der Waals surface area contributed by atoms with Crippen molar-refractivity contribution in [1.29, 1.82) is 0 Å². The average molecular weight is 276 g/mol. The number of aromatic nitrogens is 2. The zero-order valence-electron chi connectivity index (χ0n) is 11.2. The number of thiol groups is 1. The summed E-state index contributed by atoms with van der Waals surface area (Å²) in [5, 5.41) is 4.28. The van der Waals surface area contributed by atoms with Crippen LogP contribution in [0.3, 0.4) is 0 Å². The molecule has 5 heteroatoms. The summed E-state index contributed by atoms with van der Waals surface area (Å²) in [4.78, 5) is 11.8. The van der Waals surface area contributed by atoms with Crippen LogP contribution in [0.5, 0.6) is 5.75 Å². The van der Waals surface area contributed by atoms with Crippen molar-refractivity contribution in [3.05, 3.63) is 45.7 Å². The van der Waals surface area contributed by atoms with E-state index in [9.17, 15) is 4.79 Å². The second kappa shape index (κ2) is 5.48. The fourth-order valence-corrected chi connectivity index (χ4v) is 2.19. The summed E-state index contributed by atoms with van der Waals surface area (Å²) in [5.74, 6) is 1.24. The first-order valence-electron chi connectivity index (χ1n) is 5.90. The lowest BCUT2D eigenvalue weighted by Crippen LogP contribution is -2.23. The smallest absolute Gasteiger partial charge is 0.270 e. The first-order chi connectivity index (χ1) is 9.06. The zero-order valence-corrected chi connectivity index (χ0v) is 12.1. The molecule has 0 unspecified atom stereocenters. The summed E-state index contributed by atoms with van der Waals surface area (Å²) in [6, 6.07) is 7.61. The second-order valence-electron chi connectivity index (χ2n) is 4.33. The Bertz CT molecular complexity index is 665. The predicted molar refractivity (Wildman–Crippen MR) is 78.9 cm³/mol. The van der Waals surface area contributed by atoms with E-state index in [0.29, 0.717) is 11.3 Å². The van der Waals surface area contributed by atoms with Gasteiger partial charge >= 0.3 is 0 Å². The van der Waals surface area contributed by atoms with Gasteiger partial charge in [0.25, 0.3) is 5.56 Å². The van der Waals surface area contributed by atoms with Gasteiger partial charge in [-0.05, 0) is 36.8 Å². The first-order valence-corrected chi connectivity index (χ1v) is 6.53. The van der Waals surface area contributed by atoms with Gasteiger partial charge in [0.1, 0.15) is 5.75 Å². The largest absolute Gasteiger partial charge is 0.496 e. The fraction of sp³-hybridized carbons (Fsp3) is 0.286. The maximum Gasteiger partial charge on any atom is 0.270 e. The number of ether oxygens (including phenoxy) is 1. The van der Waals surface area contributed by atoms with Crippen LogP contribution >= 0.6 is 12.6 Å². The Labute approximate surface area is 117 Å². The van der Waals surface area contributed by atoms with Gasteiger partial charge in [-0.15, -0.1) is 0 Å². The van der Waals surface area contributed by atoms with Crippen molar-refractivity contribution in [2.24, 2.45) is 7.05 Å². The van der Waals surface area contributed by atoms with E-state index < -0.39 is 0 Å². The Balaban J connectivity index is 2.56. The monoisotopic (exact) mass is 276 g/mol. The van der Waals surface area contributed by atoms with Crippen LogP contribution in [-0.4, -0.2) is 16.9 Å². The normalized spacial score (nSPS) is 10.5. The van der Waals surface area contributed by atoms with Crippen LogP contribution in [0, 0.1) is 6.92 Å². The summed E-state index contributed by atoms with van der Waals surface area (Å²) in [5.41, 5.74) is 3.28. The molecule has 0 atom stereocenters. The molecular formula is C14H16N2O2S. The topological polar surface area (TPSA) is 44.1 Å². The number of rotatable bonds is 3. The first kappa shape index (κ1) is 13.7. The minimum absolute atomic E-state index is 0.107. The highest BCUT2D eigenvalue weighted by atomic mass is 32.1. The standard InChI is InChI=1S/C14H16N2O2S/c1-9-6-10(4-5-13(9)18-3)12-7-11(8-19)14(17)16(2)15-12/h4-7,19H,8H2,1-3H3. The number of benzene rings is 1. The van der Waals surface area contributed by atoms with Crippen molar-refractivity contribution >= 4 is 12.6 Å². The quantitative estimate of drug-likeness (QED) is 0.874. The van der Waals surface area contributed by atoms with E-state index in [1.807, 2.05) is 25.1 Å². The van der Waals surface area contributed by atoms with Gasteiger partial charge in [-0.25, -0.2) is 4.68 Å². The molecule has 0 bridgehead atoms. The van der Waals surface area contributed by atoms with Crippen LogP contribution < -0.4 is 10.3 Å². The average Bonchev–Trinajstić information content (AvgIpc) is 2.41. The molecule has 0 radical (unpaired) electrons. The minimum Gasteiger partial charge on any atom is -0.496 e. The van der Waals surface area contributed by atoms with Crippen molar-refractivity contribution in [2.75, 3.05) is 7.11 Å². The van der Waals surface area contributed by atoms with Gasteiger partial charge in [0.15, 0.2) is 0 Å². The van der Waals surface area contributed by atoms with E-state index in [1.54, 1.807) is 20.2 Å². The highest BCUT2D eigenvalue weighted by Gasteiger charge is 2.08. The van der Waals surface area contributed by atoms with E-state index in [-0.39, 0.29) is 5.56 Å². The third kappa shape index (κ3) is 2.66. The molecule has 2 aromatic rings. The third-order valence-electron chi connectivity index (χ3n) is 3.00. The molecule has 0 saturated carbocycles. The summed E-state index contributed by atoms with van der Waals surface area (Å²) in [6.45, 7) is 1.98. The van der Waals surface area contributed by atoms with E-state index in [0.717, 1.165) is 22.6 Å². The molecule has 0 aliphatic rings. The van der Waals surface area contributed by atoms with Crippen molar-refractivity contribution in [2.45, 2.75) is 12.7 Å². The number of nitrogens with zero attached hydrogens (tertiary/aromatic N) is 2. The van der Waals surface area contributed by atoms with Gasteiger partial charge < -0.3 is 4.74 Å². The van der Waals surface area contributed by atoms with Gasteiger partial charge in [0.2, 0.25) is 0 Å². The number of hydrogen-bond donors (Lipinski definition) is 1. The molecule has 1 heterocycles. The molecule has 1 aromatic heterocycles. The Hall–Kier alpha value is -1.75. The van der Waals surface area contributed by atoms with E-state index >= 15 is 0 Å². The SMILES string of the molecule is COc1ccc(-c2cc(CS)c(=O)n(C)n2)cc1C. The Morgan fingerprint density at radius 2 is 2.11 bits per heavy atom. The maximum atomic E-state index is 11.8. The number of aryl methyl sites for hydroxylation is 2. The third-order valence-corrected chi connectivity index (χ3v) is 3.34. The predicted octanol–water partition coefficient (Wildman–Crippen LogP) is 2.19. The van der Waals surface area contributed by atoms with Gasteiger partial charge in [0.05, 0.1) is 12.8 Å². The molecule has 0 fully saturated rings. The fourth-order valence-electron chi connectivity index (χ4n) is 1.96. The molecule has 100 valence electrons.